The van der Waals surface area contributed by atoms with Gasteiger partial charge in [0.15, 0.2) is 0 Å². The Labute approximate surface area is 114 Å². The summed E-state index contributed by atoms with van der Waals surface area (Å²) in [5.74, 6) is 0.380. The normalized spacial score (nSPS) is 16.3. The maximum absolute atomic E-state index is 12.4. The van der Waals surface area contributed by atoms with Crippen LogP contribution >= 0.6 is 0 Å². The molecule has 4 heteroatoms. The number of hydrogen-bond donors (Lipinski definition) is 1. The highest BCUT2D eigenvalue weighted by molar-refractivity contribution is 5.78. The van der Waals surface area contributed by atoms with Gasteiger partial charge in [-0.3, -0.25) is 4.79 Å². The second-order valence-electron chi connectivity index (χ2n) is 4.98. The minimum atomic E-state index is 0.127. The van der Waals surface area contributed by atoms with Gasteiger partial charge in [0.05, 0.1) is 0 Å². The lowest BCUT2D eigenvalue weighted by atomic mass is 9.98. The molecule has 1 aliphatic heterocycles. The predicted molar refractivity (Wildman–Crippen MR) is 75.5 cm³/mol. The van der Waals surface area contributed by atoms with Gasteiger partial charge in [0.1, 0.15) is 0 Å². The van der Waals surface area contributed by atoms with Crippen LogP contribution in [0.5, 0.6) is 0 Å². The fourth-order valence-electron chi connectivity index (χ4n) is 2.39. The van der Waals surface area contributed by atoms with Crippen LogP contribution in [0.3, 0.4) is 0 Å². The molecule has 1 fully saturated rings. The van der Waals surface area contributed by atoms with Crippen molar-refractivity contribution in [3.05, 3.63) is 29.8 Å². The first kappa shape index (κ1) is 13.9. The van der Waals surface area contributed by atoms with Crippen molar-refractivity contribution in [1.29, 1.82) is 0 Å². The summed E-state index contributed by atoms with van der Waals surface area (Å²) in [4.78, 5) is 14.4. The molecule has 0 radical (unpaired) electrons. The van der Waals surface area contributed by atoms with E-state index in [9.17, 15) is 4.79 Å². The monoisotopic (exact) mass is 262 g/mol. The number of amides is 1. The van der Waals surface area contributed by atoms with Gasteiger partial charge in [-0.2, -0.15) is 0 Å². The topological polar surface area (TPSA) is 55.6 Å². The predicted octanol–water partition coefficient (Wildman–Crippen LogP) is 2.04. The summed E-state index contributed by atoms with van der Waals surface area (Å²) in [6.45, 7) is 4.83. The quantitative estimate of drug-likeness (QED) is 0.845. The maximum atomic E-state index is 12.4. The van der Waals surface area contributed by atoms with Crippen molar-refractivity contribution < 1.29 is 9.53 Å². The molecule has 0 saturated carbocycles. The number of rotatable bonds is 4. The molecule has 0 aliphatic carbocycles. The zero-order valence-corrected chi connectivity index (χ0v) is 11.5. The third kappa shape index (κ3) is 3.70. The first-order valence-corrected chi connectivity index (χ1v) is 6.91. The molecule has 2 rings (SSSR count). The Balaban J connectivity index is 1.98. The fraction of sp³-hybridized carbons (Fsp3) is 0.533. The van der Waals surface area contributed by atoms with Crippen molar-refractivity contribution >= 4 is 11.6 Å². The van der Waals surface area contributed by atoms with Crippen LogP contribution in [0.1, 0.15) is 25.3 Å². The Morgan fingerprint density at radius 2 is 1.95 bits per heavy atom. The summed E-state index contributed by atoms with van der Waals surface area (Å²) in [7, 11) is 0. The van der Waals surface area contributed by atoms with Crippen LogP contribution in [0.25, 0.3) is 0 Å². The van der Waals surface area contributed by atoms with Gasteiger partial charge in [0, 0.05) is 37.9 Å². The van der Waals surface area contributed by atoms with Crippen molar-refractivity contribution in [1.82, 2.24) is 4.90 Å². The summed E-state index contributed by atoms with van der Waals surface area (Å²) in [5.41, 5.74) is 7.55. The molecule has 19 heavy (non-hydrogen) atoms. The van der Waals surface area contributed by atoms with Gasteiger partial charge in [-0.1, -0.05) is 12.1 Å². The number of anilines is 1. The lowest BCUT2D eigenvalue weighted by Crippen LogP contribution is -2.38. The Kier molecular flexibility index (Phi) is 4.80. The Morgan fingerprint density at radius 1 is 1.32 bits per heavy atom. The highest BCUT2D eigenvalue weighted by Crippen LogP contribution is 2.19. The number of nitrogens with two attached hydrogens (primary N) is 1. The number of benzene rings is 1. The van der Waals surface area contributed by atoms with E-state index in [2.05, 4.69) is 0 Å². The lowest BCUT2D eigenvalue weighted by molar-refractivity contribution is -0.138. The summed E-state index contributed by atoms with van der Waals surface area (Å²) in [6, 6.07) is 7.72. The van der Waals surface area contributed by atoms with Gasteiger partial charge in [0.25, 0.3) is 0 Å². The Morgan fingerprint density at radius 3 is 2.53 bits per heavy atom. The molecule has 1 aromatic rings. The van der Waals surface area contributed by atoms with E-state index in [0.29, 0.717) is 19.8 Å². The standard InChI is InChI=1S/C15H22N2O2/c1-2-17(11-12-3-5-14(16)6-4-12)15(18)13-7-9-19-10-8-13/h3-6,13H,2,7-11,16H2,1H3. The van der Waals surface area contributed by atoms with Gasteiger partial charge in [-0.05, 0) is 37.5 Å². The summed E-state index contributed by atoms with van der Waals surface area (Å²) in [6.07, 6.45) is 1.69. The highest BCUT2D eigenvalue weighted by atomic mass is 16.5. The third-order valence-corrected chi connectivity index (χ3v) is 3.62. The lowest BCUT2D eigenvalue weighted by Gasteiger charge is -2.28. The number of hydrogen-bond acceptors (Lipinski definition) is 3. The average molecular weight is 262 g/mol. The zero-order chi connectivity index (χ0) is 13.7. The minimum Gasteiger partial charge on any atom is -0.399 e. The van der Waals surface area contributed by atoms with E-state index in [0.717, 1.165) is 30.6 Å². The van der Waals surface area contributed by atoms with Crippen molar-refractivity contribution in [2.45, 2.75) is 26.3 Å². The van der Waals surface area contributed by atoms with E-state index < -0.39 is 0 Å². The average Bonchev–Trinajstić information content (AvgIpc) is 2.47. The number of carbonyl (C=O) groups is 1. The molecule has 4 nitrogen and oxygen atoms in total. The number of nitrogens with zero attached hydrogens (tertiary/aromatic N) is 1. The Hall–Kier alpha value is -1.55. The van der Waals surface area contributed by atoms with Crippen LogP contribution in [-0.2, 0) is 16.1 Å². The van der Waals surface area contributed by atoms with Crippen LogP contribution in [0.4, 0.5) is 5.69 Å². The highest BCUT2D eigenvalue weighted by Gasteiger charge is 2.25. The van der Waals surface area contributed by atoms with Gasteiger partial charge in [-0.15, -0.1) is 0 Å². The molecule has 1 amide bonds. The van der Waals surface area contributed by atoms with Crippen molar-refractivity contribution in [3.8, 4) is 0 Å². The van der Waals surface area contributed by atoms with Crippen LogP contribution in [-0.4, -0.2) is 30.6 Å². The van der Waals surface area contributed by atoms with Crippen LogP contribution in [0.15, 0.2) is 24.3 Å². The van der Waals surface area contributed by atoms with Gasteiger partial charge in [-0.25, -0.2) is 0 Å². The van der Waals surface area contributed by atoms with Gasteiger partial charge >= 0.3 is 0 Å². The van der Waals surface area contributed by atoms with E-state index in [1.54, 1.807) is 0 Å². The molecule has 1 heterocycles. The third-order valence-electron chi connectivity index (χ3n) is 3.62. The van der Waals surface area contributed by atoms with E-state index in [4.69, 9.17) is 10.5 Å². The molecule has 1 saturated heterocycles. The van der Waals surface area contributed by atoms with Crippen LogP contribution in [0.2, 0.25) is 0 Å². The maximum Gasteiger partial charge on any atom is 0.226 e. The molecule has 2 N–H and O–H groups in total. The Bertz CT molecular complexity index is 411. The second-order valence-corrected chi connectivity index (χ2v) is 4.98. The first-order chi connectivity index (χ1) is 9.20. The summed E-state index contributed by atoms with van der Waals surface area (Å²) < 4.78 is 5.31. The molecule has 104 valence electrons. The largest absolute Gasteiger partial charge is 0.399 e. The fourth-order valence-corrected chi connectivity index (χ4v) is 2.39. The van der Waals surface area contributed by atoms with Crippen molar-refractivity contribution in [2.24, 2.45) is 5.92 Å². The number of ether oxygens (including phenoxy) is 1. The molecule has 1 aliphatic rings. The molecule has 0 aromatic heterocycles. The molecular weight excluding hydrogens is 240 g/mol. The van der Waals surface area contributed by atoms with Crippen LogP contribution < -0.4 is 5.73 Å². The SMILES string of the molecule is CCN(Cc1ccc(N)cc1)C(=O)C1CCOCC1. The molecule has 1 aromatic carbocycles. The second kappa shape index (κ2) is 6.57. The summed E-state index contributed by atoms with van der Waals surface area (Å²) >= 11 is 0. The molecular formula is C15H22N2O2. The minimum absolute atomic E-state index is 0.127. The van der Waals surface area contributed by atoms with Crippen molar-refractivity contribution in [3.63, 3.8) is 0 Å². The first-order valence-electron chi connectivity index (χ1n) is 6.91. The smallest absolute Gasteiger partial charge is 0.226 e. The molecule has 0 bridgehead atoms. The summed E-state index contributed by atoms with van der Waals surface area (Å²) in [5, 5.41) is 0. The number of carbonyl (C=O) groups excluding carboxylic acids is 1. The zero-order valence-electron chi connectivity index (χ0n) is 11.5. The molecule has 0 spiro atoms. The van der Waals surface area contributed by atoms with E-state index >= 15 is 0 Å². The molecule has 0 atom stereocenters. The van der Waals surface area contributed by atoms with Gasteiger partial charge < -0.3 is 15.4 Å². The van der Waals surface area contributed by atoms with Crippen molar-refractivity contribution in [2.75, 3.05) is 25.5 Å². The number of nitrogen functional groups attached to an aromatic ring is 1. The molecule has 0 unspecified atom stereocenters. The van der Waals surface area contributed by atoms with E-state index in [1.807, 2.05) is 36.1 Å². The van der Waals surface area contributed by atoms with Gasteiger partial charge in [0.2, 0.25) is 5.91 Å². The van der Waals surface area contributed by atoms with Crippen LogP contribution in [0, 0.1) is 5.92 Å². The van der Waals surface area contributed by atoms with E-state index in [1.165, 1.54) is 0 Å². The van der Waals surface area contributed by atoms with E-state index in [-0.39, 0.29) is 11.8 Å².